The van der Waals surface area contributed by atoms with Crippen molar-refractivity contribution in [2.24, 2.45) is 17.6 Å². The van der Waals surface area contributed by atoms with E-state index in [9.17, 15) is 0 Å². The molecular weight excluding hydrogens is 380 g/mol. The average molecular weight is 406 g/mol. The van der Waals surface area contributed by atoms with Crippen LogP contribution in [0.4, 0.5) is 0 Å². The summed E-state index contributed by atoms with van der Waals surface area (Å²) in [7, 11) is 3.34. The quantitative estimate of drug-likeness (QED) is 0.833. The minimum atomic E-state index is 0. The number of nitrogens with two attached hydrogens (primary N) is 1. The molecule has 1 saturated carbocycles. The summed E-state index contributed by atoms with van der Waals surface area (Å²) < 4.78 is 11.8. The maximum absolute atomic E-state index is 6.32. The Labute approximate surface area is 153 Å². The van der Waals surface area contributed by atoms with Crippen LogP contribution in [0.3, 0.4) is 0 Å². The maximum atomic E-state index is 6.32. The monoisotopic (exact) mass is 404 g/mol. The molecule has 0 spiro atoms. The Balaban J connectivity index is 0.00000192. The SMILES string of the molecule is COc1cc(Br)c(CN2CC3CCCC(N)C3C2)cc1OC.Cl. The molecule has 3 unspecified atom stereocenters. The van der Waals surface area contributed by atoms with Gasteiger partial charge in [0.25, 0.3) is 0 Å². The Morgan fingerprint density at radius 2 is 1.87 bits per heavy atom. The fourth-order valence-electron chi connectivity index (χ4n) is 4.00. The molecule has 6 heteroatoms. The fraction of sp³-hybridized carbons (Fsp3) is 0.647. The van der Waals surface area contributed by atoms with Crippen molar-refractivity contribution in [1.82, 2.24) is 4.90 Å². The molecule has 3 atom stereocenters. The van der Waals surface area contributed by atoms with Gasteiger partial charge in [-0.2, -0.15) is 0 Å². The number of rotatable bonds is 4. The topological polar surface area (TPSA) is 47.7 Å². The molecular formula is C17H26BrClN2O2. The van der Waals surface area contributed by atoms with Crippen LogP contribution < -0.4 is 15.2 Å². The molecule has 3 rings (SSSR count). The highest BCUT2D eigenvalue weighted by Crippen LogP contribution is 2.38. The number of hydrogen-bond acceptors (Lipinski definition) is 4. The number of fused-ring (bicyclic) bond motifs is 1. The first kappa shape index (κ1) is 18.8. The molecule has 2 N–H and O–H groups in total. The summed E-state index contributed by atoms with van der Waals surface area (Å²) in [5.74, 6) is 3.00. The van der Waals surface area contributed by atoms with E-state index in [2.05, 4.69) is 26.9 Å². The van der Waals surface area contributed by atoms with Crippen molar-refractivity contribution in [1.29, 1.82) is 0 Å². The van der Waals surface area contributed by atoms with Gasteiger partial charge in [0.2, 0.25) is 0 Å². The third-order valence-electron chi connectivity index (χ3n) is 5.18. The highest BCUT2D eigenvalue weighted by atomic mass is 79.9. The number of hydrogen-bond donors (Lipinski definition) is 1. The Kier molecular flexibility index (Phi) is 6.60. The number of ether oxygens (including phenoxy) is 2. The second kappa shape index (κ2) is 8.06. The summed E-state index contributed by atoms with van der Waals surface area (Å²) in [4.78, 5) is 2.53. The highest BCUT2D eigenvalue weighted by Gasteiger charge is 2.38. The van der Waals surface area contributed by atoms with E-state index in [0.29, 0.717) is 12.0 Å². The molecule has 0 amide bonds. The van der Waals surface area contributed by atoms with Crippen LogP contribution >= 0.6 is 28.3 Å². The lowest BCUT2D eigenvalue weighted by Gasteiger charge is -2.29. The Morgan fingerprint density at radius 3 is 2.52 bits per heavy atom. The van der Waals surface area contributed by atoms with E-state index in [-0.39, 0.29) is 12.4 Å². The third kappa shape index (κ3) is 3.95. The van der Waals surface area contributed by atoms with Crippen molar-refractivity contribution in [2.45, 2.75) is 31.8 Å². The first-order valence-corrected chi connectivity index (χ1v) is 8.80. The molecule has 1 heterocycles. The minimum Gasteiger partial charge on any atom is -0.493 e. The molecule has 1 saturated heterocycles. The number of methoxy groups -OCH3 is 2. The molecule has 23 heavy (non-hydrogen) atoms. The van der Waals surface area contributed by atoms with E-state index in [1.165, 1.54) is 31.4 Å². The van der Waals surface area contributed by atoms with Crippen LogP contribution in [0.1, 0.15) is 24.8 Å². The zero-order chi connectivity index (χ0) is 15.7. The molecule has 0 aromatic heterocycles. The van der Waals surface area contributed by atoms with Gasteiger partial charge in [-0.3, -0.25) is 4.90 Å². The molecule has 4 nitrogen and oxygen atoms in total. The zero-order valence-corrected chi connectivity index (χ0v) is 16.2. The number of halogens is 2. The number of benzene rings is 1. The molecule has 1 aliphatic carbocycles. The van der Waals surface area contributed by atoms with Crippen molar-refractivity contribution in [2.75, 3.05) is 27.3 Å². The van der Waals surface area contributed by atoms with Crippen molar-refractivity contribution in [3.63, 3.8) is 0 Å². The summed E-state index contributed by atoms with van der Waals surface area (Å²) in [6, 6.07) is 4.45. The second-order valence-electron chi connectivity index (χ2n) is 6.51. The molecule has 2 aliphatic rings. The largest absolute Gasteiger partial charge is 0.493 e. The summed E-state index contributed by atoms with van der Waals surface area (Å²) in [6.07, 6.45) is 3.81. The van der Waals surface area contributed by atoms with Gasteiger partial charge in [0, 0.05) is 30.1 Å². The predicted octanol–water partition coefficient (Wildman–Crippen LogP) is 3.45. The van der Waals surface area contributed by atoms with Gasteiger partial charge in [-0.05, 0) is 42.4 Å². The normalized spacial score (nSPS) is 27.2. The maximum Gasteiger partial charge on any atom is 0.161 e. The van der Waals surface area contributed by atoms with E-state index >= 15 is 0 Å². The van der Waals surface area contributed by atoms with Crippen LogP contribution in [0, 0.1) is 11.8 Å². The van der Waals surface area contributed by atoms with Crippen molar-refractivity contribution in [3.8, 4) is 11.5 Å². The van der Waals surface area contributed by atoms with Gasteiger partial charge >= 0.3 is 0 Å². The summed E-state index contributed by atoms with van der Waals surface area (Å²) >= 11 is 3.66. The van der Waals surface area contributed by atoms with E-state index in [0.717, 1.165) is 35.0 Å². The van der Waals surface area contributed by atoms with Crippen molar-refractivity contribution in [3.05, 3.63) is 22.2 Å². The molecule has 1 aromatic carbocycles. The summed E-state index contributed by atoms with van der Waals surface area (Å²) in [5.41, 5.74) is 7.56. The van der Waals surface area contributed by atoms with Crippen LogP contribution in [0.2, 0.25) is 0 Å². The molecule has 1 aromatic rings. The van der Waals surface area contributed by atoms with Gasteiger partial charge in [-0.1, -0.05) is 22.4 Å². The molecule has 1 aliphatic heterocycles. The molecule has 0 radical (unpaired) electrons. The van der Waals surface area contributed by atoms with E-state index < -0.39 is 0 Å². The van der Waals surface area contributed by atoms with Crippen LogP contribution in [0.5, 0.6) is 11.5 Å². The Hall–Kier alpha value is -0.490. The predicted molar refractivity (Wildman–Crippen MR) is 98.6 cm³/mol. The third-order valence-corrected chi connectivity index (χ3v) is 5.91. The lowest BCUT2D eigenvalue weighted by atomic mass is 9.78. The van der Waals surface area contributed by atoms with E-state index in [1.54, 1.807) is 14.2 Å². The van der Waals surface area contributed by atoms with Crippen LogP contribution in [-0.4, -0.2) is 38.3 Å². The van der Waals surface area contributed by atoms with Crippen LogP contribution in [0.25, 0.3) is 0 Å². The molecule has 0 bridgehead atoms. The highest BCUT2D eigenvalue weighted by molar-refractivity contribution is 9.10. The first-order chi connectivity index (χ1) is 10.6. The van der Waals surface area contributed by atoms with Crippen LogP contribution in [-0.2, 0) is 6.54 Å². The summed E-state index contributed by atoms with van der Waals surface area (Å²) in [5, 5.41) is 0. The van der Waals surface area contributed by atoms with Gasteiger partial charge in [-0.15, -0.1) is 12.4 Å². The minimum absolute atomic E-state index is 0. The van der Waals surface area contributed by atoms with Crippen molar-refractivity contribution >= 4 is 28.3 Å². The standard InChI is InChI=1S/C17H25BrN2O2.ClH/c1-21-16-6-12(14(18)7-17(16)22-2)9-20-8-11-4-3-5-15(19)13(11)10-20;/h6-7,11,13,15H,3-5,8-10,19H2,1-2H3;1H. The first-order valence-electron chi connectivity index (χ1n) is 8.00. The van der Waals surface area contributed by atoms with Gasteiger partial charge in [0.05, 0.1) is 14.2 Å². The number of nitrogens with zero attached hydrogens (tertiary/aromatic N) is 1. The van der Waals surface area contributed by atoms with Gasteiger partial charge in [-0.25, -0.2) is 0 Å². The van der Waals surface area contributed by atoms with E-state index in [1.807, 2.05) is 6.07 Å². The Bertz CT molecular complexity index is 544. The molecule has 2 fully saturated rings. The lowest BCUT2D eigenvalue weighted by molar-refractivity contribution is 0.259. The van der Waals surface area contributed by atoms with Gasteiger partial charge in [0.1, 0.15) is 0 Å². The average Bonchev–Trinajstić information content (AvgIpc) is 2.93. The zero-order valence-electron chi connectivity index (χ0n) is 13.8. The van der Waals surface area contributed by atoms with E-state index in [4.69, 9.17) is 15.2 Å². The lowest BCUT2D eigenvalue weighted by Crippen LogP contribution is -2.38. The second-order valence-corrected chi connectivity index (χ2v) is 7.37. The van der Waals surface area contributed by atoms with Gasteiger partial charge in [0.15, 0.2) is 11.5 Å². The van der Waals surface area contributed by atoms with Crippen molar-refractivity contribution < 1.29 is 9.47 Å². The fourth-order valence-corrected chi connectivity index (χ4v) is 4.44. The van der Waals surface area contributed by atoms with Gasteiger partial charge < -0.3 is 15.2 Å². The number of likely N-dealkylation sites (tertiary alicyclic amines) is 1. The molecule has 130 valence electrons. The Morgan fingerprint density at radius 1 is 1.17 bits per heavy atom. The summed E-state index contributed by atoms with van der Waals surface area (Å²) in [6.45, 7) is 3.21. The van der Waals surface area contributed by atoms with Crippen LogP contribution in [0.15, 0.2) is 16.6 Å². The smallest absolute Gasteiger partial charge is 0.161 e.